The fourth-order valence-electron chi connectivity index (χ4n) is 8.40. The molecule has 0 saturated carbocycles. The summed E-state index contributed by atoms with van der Waals surface area (Å²) in [6.45, 7) is 4.17. The molecule has 0 aromatic heterocycles. The Morgan fingerprint density at radius 3 is 1.54 bits per heavy atom. The molecule has 1 fully saturated rings. The molecule has 1 heterocycles. The van der Waals surface area contributed by atoms with E-state index in [0.717, 1.165) is 109 Å². The minimum absolute atomic E-state index is 0.0496. The van der Waals surface area contributed by atoms with Crippen LogP contribution in [-0.2, 0) is 23.8 Å². The Kier molecular flexibility index (Phi) is 45.9. The van der Waals surface area contributed by atoms with E-state index in [2.05, 4.69) is 79.9 Å². The first-order valence-electron chi connectivity index (χ1n) is 28.7. The van der Waals surface area contributed by atoms with Crippen molar-refractivity contribution in [2.24, 2.45) is 0 Å². The topological polar surface area (TPSA) is 175 Å². The second-order valence-corrected chi connectivity index (χ2v) is 19.6. The van der Waals surface area contributed by atoms with Crippen LogP contribution in [0.5, 0.6) is 0 Å². The van der Waals surface area contributed by atoms with Crippen molar-refractivity contribution in [1.82, 2.24) is 5.32 Å². The summed E-state index contributed by atoms with van der Waals surface area (Å²) in [7, 11) is 0. The summed E-state index contributed by atoms with van der Waals surface area (Å²) < 4.78 is 16.6. The lowest BCUT2D eigenvalue weighted by atomic mass is 9.99. The normalized spacial score (nSPS) is 19.7. The number of ether oxygens (including phenoxy) is 3. The zero-order valence-electron chi connectivity index (χ0n) is 44.9. The van der Waals surface area contributed by atoms with Gasteiger partial charge in [0, 0.05) is 12.8 Å². The number of nitrogens with one attached hydrogen (secondary N) is 1. The quantitative estimate of drug-likeness (QED) is 0.0196. The number of allylic oxidation sites excluding steroid dienone is 11. The average Bonchev–Trinajstić information content (AvgIpc) is 3.37. The summed E-state index contributed by atoms with van der Waals surface area (Å²) >= 11 is 0. The third kappa shape index (κ3) is 39.3. The minimum atomic E-state index is -1.58. The highest BCUT2D eigenvalue weighted by Crippen LogP contribution is 2.23. The van der Waals surface area contributed by atoms with Crippen LogP contribution in [0.2, 0.25) is 0 Å². The van der Waals surface area contributed by atoms with Gasteiger partial charge in [0.15, 0.2) is 6.29 Å². The lowest BCUT2D eigenvalue weighted by molar-refractivity contribution is -0.302. The largest absolute Gasteiger partial charge is 0.466 e. The van der Waals surface area contributed by atoms with Gasteiger partial charge in [-0.3, -0.25) is 9.59 Å². The van der Waals surface area contributed by atoms with Crippen molar-refractivity contribution in [1.29, 1.82) is 0 Å². The van der Waals surface area contributed by atoms with Gasteiger partial charge in [-0.1, -0.05) is 183 Å². The second-order valence-electron chi connectivity index (χ2n) is 19.6. The van der Waals surface area contributed by atoms with Gasteiger partial charge in [-0.2, -0.15) is 0 Å². The highest BCUT2D eigenvalue weighted by atomic mass is 16.7. The minimum Gasteiger partial charge on any atom is -0.466 e. The molecule has 11 heteroatoms. The summed E-state index contributed by atoms with van der Waals surface area (Å²) in [5.74, 6) is -0.260. The van der Waals surface area contributed by atoms with Gasteiger partial charge in [-0.25, -0.2) is 0 Å². The summed E-state index contributed by atoms with van der Waals surface area (Å²) in [6, 6.07) is -0.842. The monoisotopic (exact) mass is 1000 g/mol. The van der Waals surface area contributed by atoms with Crippen LogP contribution in [0.1, 0.15) is 232 Å². The van der Waals surface area contributed by atoms with Gasteiger partial charge in [0.05, 0.1) is 32.0 Å². The lowest BCUT2D eigenvalue weighted by Crippen LogP contribution is -2.60. The fourth-order valence-corrected chi connectivity index (χ4v) is 8.40. The number of amides is 1. The van der Waals surface area contributed by atoms with E-state index in [1.54, 1.807) is 6.08 Å². The van der Waals surface area contributed by atoms with Gasteiger partial charge < -0.3 is 45.1 Å². The predicted octanol–water partition coefficient (Wildman–Crippen LogP) is 12.8. The Morgan fingerprint density at radius 2 is 0.986 bits per heavy atom. The number of carbonyl (C=O) groups is 2. The van der Waals surface area contributed by atoms with Crippen molar-refractivity contribution in [3.05, 3.63) is 72.9 Å². The van der Waals surface area contributed by atoms with Crippen molar-refractivity contribution >= 4 is 11.9 Å². The van der Waals surface area contributed by atoms with Gasteiger partial charge >= 0.3 is 5.97 Å². The molecule has 7 atom stereocenters. The van der Waals surface area contributed by atoms with Crippen LogP contribution in [0, 0.1) is 0 Å². The molecular weight excluding hydrogens is 895 g/mol. The van der Waals surface area contributed by atoms with E-state index < -0.39 is 49.5 Å². The summed E-state index contributed by atoms with van der Waals surface area (Å²) in [6.07, 6.45) is 54.1. The summed E-state index contributed by atoms with van der Waals surface area (Å²) in [5.41, 5.74) is 0. The van der Waals surface area contributed by atoms with Crippen LogP contribution in [-0.4, -0.2) is 100 Å². The second kappa shape index (κ2) is 49.3. The molecule has 0 spiro atoms. The van der Waals surface area contributed by atoms with Gasteiger partial charge in [-0.15, -0.1) is 0 Å². The first kappa shape index (κ1) is 66.1. The Balaban J connectivity index is 2.17. The van der Waals surface area contributed by atoms with Crippen LogP contribution in [0.25, 0.3) is 0 Å². The summed E-state index contributed by atoms with van der Waals surface area (Å²) in [5, 5.41) is 54.3. The zero-order chi connectivity index (χ0) is 51.7. The Labute approximate surface area is 432 Å². The number of esters is 1. The van der Waals surface area contributed by atoms with Gasteiger partial charge in [0.1, 0.15) is 24.4 Å². The molecule has 1 saturated heterocycles. The number of hydrogen-bond donors (Lipinski definition) is 6. The molecule has 6 N–H and O–H groups in total. The molecule has 0 aromatic rings. The van der Waals surface area contributed by atoms with E-state index >= 15 is 0 Å². The van der Waals surface area contributed by atoms with Crippen LogP contribution >= 0.6 is 0 Å². The molecule has 0 radical (unpaired) electrons. The van der Waals surface area contributed by atoms with Crippen LogP contribution in [0.15, 0.2) is 72.9 Å². The number of aliphatic hydroxyl groups excluding tert-OH is 5. The molecular formula is C60H105NO10. The van der Waals surface area contributed by atoms with Crippen LogP contribution in [0.3, 0.4) is 0 Å². The van der Waals surface area contributed by atoms with Crippen molar-refractivity contribution in [2.45, 2.75) is 275 Å². The predicted molar refractivity (Wildman–Crippen MR) is 292 cm³/mol. The van der Waals surface area contributed by atoms with Crippen molar-refractivity contribution in [3.63, 3.8) is 0 Å². The highest BCUT2D eigenvalue weighted by molar-refractivity contribution is 5.76. The number of carbonyl (C=O) groups excluding carboxylic acids is 2. The number of rotatable bonds is 48. The Morgan fingerprint density at radius 1 is 0.521 bits per heavy atom. The number of unbranched alkanes of at least 4 members (excludes halogenated alkanes) is 24. The smallest absolute Gasteiger partial charge is 0.305 e. The average molecular weight is 1000 g/mol. The zero-order valence-corrected chi connectivity index (χ0v) is 44.9. The molecule has 1 amide bonds. The highest BCUT2D eigenvalue weighted by Gasteiger charge is 2.44. The van der Waals surface area contributed by atoms with E-state index in [1.807, 2.05) is 6.08 Å². The van der Waals surface area contributed by atoms with Crippen LogP contribution < -0.4 is 5.32 Å². The number of hydrogen-bond acceptors (Lipinski definition) is 10. The van der Waals surface area contributed by atoms with E-state index in [0.29, 0.717) is 19.4 Å². The molecule has 7 unspecified atom stereocenters. The summed E-state index contributed by atoms with van der Waals surface area (Å²) in [4.78, 5) is 25.0. The third-order valence-electron chi connectivity index (χ3n) is 13.0. The van der Waals surface area contributed by atoms with Crippen molar-refractivity contribution in [2.75, 3.05) is 19.8 Å². The lowest BCUT2D eigenvalue weighted by Gasteiger charge is -2.40. The SMILES string of the molecule is CCC/C=C\C/C=C\CCCCCCCC(=O)OCCCCC/C=C\C/C=C\CCCCCCCCCC(=O)NC(COC1OC(CO)C(O)C(O)C1O)C(O)/C=C/CC/C=C/CCCCCCCCC. The maximum Gasteiger partial charge on any atom is 0.305 e. The molecule has 11 nitrogen and oxygen atoms in total. The molecule has 1 aliphatic rings. The molecule has 71 heavy (non-hydrogen) atoms. The maximum atomic E-state index is 13.0. The Bertz CT molecular complexity index is 1410. The van der Waals surface area contributed by atoms with Crippen molar-refractivity contribution < 1.29 is 49.3 Å². The first-order chi connectivity index (χ1) is 34.7. The molecule has 0 aromatic carbocycles. The van der Waals surface area contributed by atoms with Gasteiger partial charge in [0.2, 0.25) is 5.91 Å². The third-order valence-corrected chi connectivity index (χ3v) is 13.0. The van der Waals surface area contributed by atoms with E-state index in [-0.39, 0.29) is 18.5 Å². The maximum absolute atomic E-state index is 13.0. The Hall–Kier alpha value is -2.90. The van der Waals surface area contributed by atoms with E-state index in [9.17, 15) is 35.1 Å². The van der Waals surface area contributed by atoms with Gasteiger partial charge in [-0.05, 0) is 109 Å². The molecule has 410 valence electrons. The molecule has 1 aliphatic heterocycles. The van der Waals surface area contributed by atoms with E-state index in [1.165, 1.54) is 96.3 Å². The molecule has 0 aliphatic carbocycles. The standard InChI is InChI=1S/C60H105NO10/c1-3-5-7-9-11-13-15-22-26-30-34-38-42-46-53(63)52(51-70-60-59(68)58(67)57(66)54(50-62)71-60)61-55(64)47-43-39-35-31-27-24-20-18-17-19-21-25-29-33-37-41-45-49-69-56(65)48-44-40-36-32-28-23-16-14-12-10-8-6-4-2/h8,10,14,16-17,19,25-26,29-30,42,46,52-54,57-60,62-63,66-68H,3-7,9,11-13,15,18,20-24,27-28,31-41,43-45,47-51H2,1-2H3,(H,61,64)/b10-8-,16-14-,19-17-,29-25-,30-26+,46-42+. The first-order valence-corrected chi connectivity index (χ1v) is 28.7. The molecule has 0 bridgehead atoms. The van der Waals surface area contributed by atoms with Crippen molar-refractivity contribution in [3.8, 4) is 0 Å². The fraction of sp³-hybridized carbons (Fsp3) is 0.767. The van der Waals surface area contributed by atoms with Crippen LogP contribution in [0.4, 0.5) is 0 Å². The number of aliphatic hydroxyl groups is 5. The van der Waals surface area contributed by atoms with Gasteiger partial charge in [0.25, 0.3) is 0 Å². The molecule has 1 rings (SSSR count). The van der Waals surface area contributed by atoms with E-state index in [4.69, 9.17) is 14.2 Å².